The number of hydrogen-bond acceptors (Lipinski definition) is 3. The van der Waals surface area contributed by atoms with E-state index in [0.717, 1.165) is 17.7 Å². The molecule has 0 aliphatic heterocycles. The van der Waals surface area contributed by atoms with Gasteiger partial charge in [0.15, 0.2) is 0 Å². The Morgan fingerprint density at radius 2 is 2.10 bits per heavy atom. The molecule has 0 fully saturated rings. The smallest absolute Gasteiger partial charge is 0.277 e. The number of hydrogen-bond donors (Lipinski definition) is 1. The van der Waals surface area contributed by atoms with E-state index in [4.69, 9.17) is 5.73 Å². The highest BCUT2D eigenvalue weighted by molar-refractivity contribution is 6.05. The maximum atomic E-state index is 12.7. The van der Waals surface area contributed by atoms with Crippen molar-refractivity contribution in [2.75, 3.05) is 17.2 Å². The zero-order chi connectivity index (χ0) is 14.5. The van der Waals surface area contributed by atoms with E-state index in [9.17, 15) is 4.79 Å². The Labute approximate surface area is 119 Å². The number of benzene rings is 1. The first-order valence-electron chi connectivity index (χ1n) is 6.72. The summed E-state index contributed by atoms with van der Waals surface area (Å²) < 4.78 is 0. The number of rotatable bonds is 4. The van der Waals surface area contributed by atoms with Crippen molar-refractivity contribution in [3.05, 3.63) is 53.9 Å². The third-order valence-corrected chi connectivity index (χ3v) is 3.09. The molecule has 0 saturated heterocycles. The molecule has 1 aromatic heterocycles. The van der Waals surface area contributed by atoms with E-state index in [2.05, 4.69) is 4.98 Å². The fraction of sp³-hybridized carbons (Fsp3) is 0.250. The van der Waals surface area contributed by atoms with Crippen LogP contribution in [0.2, 0.25) is 0 Å². The van der Waals surface area contributed by atoms with E-state index < -0.39 is 0 Å². The minimum atomic E-state index is -0.0875. The van der Waals surface area contributed by atoms with E-state index in [1.54, 1.807) is 11.1 Å². The number of pyridine rings is 1. The van der Waals surface area contributed by atoms with Gasteiger partial charge in [0.1, 0.15) is 5.69 Å². The predicted octanol–water partition coefficient (Wildman–Crippen LogP) is 3.03. The van der Waals surface area contributed by atoms with Crippen molar-refractivity contribution in [1.29, 1.82) is 0 Å². The molecule has 1 amide bonds. The fourth-order valence-electron chi connectivity index (χ4n) is 2.10. The molecule has 0 saturated carbocycles. The number of amides is 1. The van der Waals surface area contributed by atoms with Crippen molar-refractivity contribution in [3.8, 4) is 0 Å². The minimum Gasteiger partial charge on any atom is -0.399 e. The van der Waals surface area contributed by atoms with Gasteiger partial charge in [0.2, 0.25) is 0 Å². The van der Waals surface area contributed by atoms with Crippen LogP contribution < -0.4 is 10.6 Å². The largest absolute Gasteiger partial charge is 0.399 e. The lowest BCUT2D eigenvalue weighted by atomic mass is 10.1. The third-order valence-electron chi connectivity index (χ3n) is 3.09. The van der Waals surface area contributed by atoms with Crippen molar-refractivity contribution in [2.24, 2.45) is 0 Å². The summed E-state index contributed by atoms with van der Waals surface area (Å²) in [5.74, 6) is -0.0875. The topological polar surface area (TPSA) is 59.2 Å². The van der Waals surface area contributed by atoms with Gasteiger partial charge in [-0.25, -0.2) is 0 Å². The van der Waals surface area contributed by atoms with Crippen molar-refractivity contribution < 1.29 is 4.79 Å². The van der Waals surface area contributed by atoms with Crippen LogP contribution in [0.15, 0.2) is 42.6 Å². The SMILES string of the molecule is CCCN(C(=O)c1ncccc1C)c1cccc(N)c1. The second-order valence-electron chi connectivity index (χ2n) is 4.72. The van der Waals surface area contributed by atoms with Gasteiger partial charge in [-0.15, -0.1) is 0 Å². The number of aryl methyl sites for hydroxylation is 1. The first-order chi connectivity index (χ1) is 9.63. The van der Waals surface area contributed by atoms with E-state index in [1.807, 2.05) is 50.2 Å². The number of anilines is 2. The molecule has 2 aromatic rings. The Morgan fingerprint density at radius 3 is 2.75 bits per heavy atom. The molecule has 2 rings (SSSR count). The van der Waals surface area contributed by atoms with Crippen molar-refractivity contribution in [1.82, 2.24) is 4.98 Å². The summed E-state index contributed by atoms with van der Waals surface area (Å²) in [6, 6.07) is 11.1. The average molecular weight is 269 g/mol. The van der Waals surface area contributed by atoms with Gasteiger partial charge in [0.05, 0.1) is 0 Å². The molecule has 0 atom stereocenters. The van der Waals surface area contributed by atoms with Crippen LogP contribution in [0, 0.1) is 6.92 Å². The summed E-state index contributed by atoms with van der Waals surface area (Å²) in [7, 11) is 0. The first kappa shape index (κ1) is 14.1. The van der Waals surface area contributed by atoms with Crippen molar-refractivity contribution >= 4 is 17.3 Å². The summed E-state index contributed by atoms with van der Waals surface area (Å²) in [6.45, 7) is 4.57. The molecular formula is C16H19N3O. The van der Waals surface area contributed by atoms with Gasteiger partial charge in [-0.3, -0.25) is 9.78 Å². The van der Waals surface area contributed by atoms with Crippen molar-refractivity contribution in [3.63, 3.8) is 0 Å². The van der Waals surface area contributed by atoms with E-state index in [0.29, 0.717) is 17.9 Å². The highest BCUT2D eigenvalue weighted by Gasteiger charge is 2.19. The lowest BCUT2D eigenvalue weighted by Gasteiger charge is -2.22. The Kier molecular flexibility index (Phi) is 4.35. The summed E-state index contributed by atoms with van der Waals surface area (Å²) >= 11 is 0. The summed E-state index contributed by atoms with van der Waals surface area (Å²) in [5, 5.41) is 0. The van der Waals surface area contributed by atoms with E-state index in [1.165, 1.54) is 0 Å². The van der Waals surface area contributed by atoms with Gasteiger partial charge in [0, 0.05) is 24.1 Å². The van der Waals surface area contributed by atoms with Crippen LogP contribution in [0.3, 0.4) is 0 Å². The number of carbonyl (C=O) groups excluding carboxylic acids is 1. The number of nitrogens with zero attached hydrogens (tertiary/aromatic N) is 2. The van der Waals surface area contributed by atoms with Gasteiger partial charge in [-0.1, -0.05) is 19.1 Å². The fourth-order valence-corrected chi connectivity index (χ4v) is 2.10. The van der Waals surface area contributed by atoms with Crippen molar-refractivity contribution in [2.45, 2.75) is 20.3 Å². The van der Waals surface area contributed by atoms with Crippen LogP contribution >= 0.6 is 0 Å². The number of nitrogen functional groups attached to an aromatic ring is 1. The average Bonchev–Trinajstić information content (AvgIpc) is 2.44. The molecule has 4 heteroatoms. The zero-order valence-electron chi connectivity index (χ0n) is 11.8. The number of aromatic nitrogens is 1. The second-order valence-corrected chi connectivity index (χ2v) is 4.72. The molecule has 1 heterocycles. The molecule has 20 heavy (non-hydrogen) atoms. The maximum Gasteiger partial charge on any atom is 0.277 e. The van der Waals surface area contributed by atoms with Gasteiger partial charge < -0.3 is 10.6 Å². The van der Waals surface area contributed by atoms with Crippen LogP contribution in [-0.2, 0) is 0 Å². The van der Waals surface area contributed by atoms with E-state index >= 15 is 0 Å². The lowest BCUT2D eigenvalue weighted by Crippen LogP contribution is -2.32. The molecule has 0 unspecified atom stereocenters. The quantitative estimate of drug-likeness (QED) is 0.868. The lowest BCUT2D eigenvalue weighted by molar-refractivity contribution is 0.0981. The number of carbonyl (C=O) groups is 1. The molecule has 4 nitrogen and oxygen atoms in total. The Morgan fingerprint density at radius 1 is 1.30 bits per heavy atom. The molecule has 0 radical (unpaired) electrons. The monoisotopic (exact) mass is 269 g/mol. The molecule has 0 aliphatic carbocycles. The van der Waals surface area contributed by atoms with Gasteiger partial charge in [-0.05, 0) is 43.2 Å². The third kappa shape index (κ3) is 2.96. The Balaban J connectivity index is 2.39. The van der Waals surface area contributed by atoms with Crippen LogP contribution in [0.4, 0.5) is 11.4 Å². The summed E-state index contributed by atoms with van der Waals surface area (Å²) in [6.07, 6.45) is 2.51. The molecule has 104 valence electrons. The second kappa shape index (κ2) is 6.19. The molecule has 2 N–H and O–H groups in total. The summed E-state index contributed by atoms with van der Waals surface area (Å²) in [4.78, 5) is 18.6. The normalized spacial score (nSPS) is 10.3. The highest BCUT2D eigenvalue weighted by atomic mass is 16.2. The standard InChI is InChI=1S/C16H19N3O/c1-3-10-19(14-8-4-7-13(17)11-14)16(20)15-12(2)6-5-9-18-15/h4-9,11H,3,10,17H2,1-2H3. The molecule has 0 aliphatic rings. The molecule has 0 bridgehead atoms. The zero-order valence-corrected chi connectivity index (χ0v) is 11.8. The maximum absolute atomic E-state index is 12.7. The van der Waals surface area contributed by atoms with Crippen LogP contribution in [-0.4, -0.2) is 17.4 Å². The highest BCUT2D eigenvalue weighted by Crippen LogP contribution is 2.20. The first-order valence-corrected chi connectivity index (χ1v) is 6.72. The number of nitrogens with two attached hydrogens (primary N) is 1. The molecular weight excluding hydrogens is 250 g/mol. The van der Waals surface area contributed by atoms with Crippen LogP contribution in [0.1, 0.15) is 29.4 Å². The summed E-state index contributed by atoms with van der Waals surface area (Å²) in [5.41, 5.74) is 8.63. The molecule has 1 aromatic carbocycles. The van der Waals surface area contributed by atoms with Gasteiger partial charge in [-0.2, -0.15) is 0 Å². The van der Waals surface area contributed by atoms with Gasteiger partial charge in [0.25, 0.3) is 5.91 Å². The minimum absolute atomic E-state index is 0.0875. The Bertz CT molecular complexity index is 610. The van der Waals surface area contributed by atoms with E-state index in [-0.39, 0.29) is 5.91 Å². The molecule has 0 spiro atoms. The Hall–Kier alpha value is -2.36. The predicted molar refractivity (Wildman–Crippen MR) is 81.8 cm³/mol. The van der Waals surface area contributed by atoms with Gasteiger partial charge >= 0.3 is 0 Å². The van der Waals surface area contributed by atoms with Crippen LogP contribution in [0.25, 0.3) is 0 Å². The van der Waals surface area contributed by atoms with Crippen LogP contribution in [0.5, 0.6) is 0 Å².